The average molecular weight is 421 g/mol. The van der Waals surface area contributed by atoms with Gasteiger partial charge in [-0.3, -0.25) is 9.78 Å². The van der Waals surface area contributed by atoms with E-state index in [1.165, 1.54) is 26.4 Å². The summed E-state index contributed by atoms with van der Waals surface area (Å²) in [6, 6.07) is 9.24. The molecule has 0 saturated heterocycles. The molecule has 0 radical (unpaired) electrons. The van der Waals surface area contributed by atoms with Gasteiger partial charge in [-0.1, -0.05) is 6.07 Å². The summed E-state index contributed by atoms with van der Waals surface area (Å²) in [5.74, 6) is 0.942. The Bertz CT molecular complexity index is 1330. The zero-order chi connectivity index (χ0) is 22.1. The van der Waals surface area contributed by atoms with Crippen LogP contribution in [0.1, 0.15) is 17.0 Å². The van der Waals surface area contributed by atoms with E-state index in [0.29, 0.717) is 51.5 Å². The summed E-state index contributed by atoms with van der Waals surface area (Å²) in [5, 5.41) is 10.6. The lowest BCUT2D eigenvalue weighted by Crippen LogP contribution is -2.12. The smallest absolute Gasteiger partial charge is 0.258 e. The molecule has 0 aliphatic rings. The van der Waals surface area contributed by atoms with Crippen molar-refractivity contribution in [2.24, 2.45) is 0 Å². The molecule has 158 valence electrons. The number of aryl methyl sites for hydroxylation is 1. The van der Waals surface area contributed by atoms with Crippen LogP contribution in [0, 0.1) is 12.7 Å². The van der Waals surface area contributed by atoms with Gasteiger partial charge < -0.3 is 19.6 Å². The van der Waals surface area contributed by atoms with Crippen LogP contribution in [0.4, 0.5) is 4.39 Å². The fraction of sp³-hybridized carbons (Fsp3) is 0.174. The van der Waals surface area contributed by atoms with E-state index < -0.39 is 5.82 Å². The number of nitrogens with zero attached hydrogens (tertiary/aromatic N) is 2. The van der Waals surface area contributed by atoms with Gasteiger partial charge in [0.05, 0.1) is 30.8 Å². The predicted octanol–water partition coefficient (Wildman–Crippen LogP) is 3.75. The molecule has 8 heteroatoms. The van der Waals surface area contributed by atoms with Crippen molar-refractivity contribution in [3.63, 3.8) is 0 Å². The molecule has 0 saturated carbocycles. The topological polar surface area (TPSA) is 97.3 Å². The second-order valence-electron chi connectivity index (χ2n) is 7.08. The predicted molar refractivity (Wildman–Crippen MR) is 114 cm³/mol. The molecule has 0 aliphatic heterocycles. The monoisotopic (exact) mass is 421 g/mol. The molecule has 0 spiro atoms. The minimum atomic E-state index is -0.443. The molecule has 0 aliphatic carbocycles. The first-order chi connectivity index (χ1) is 14.9. The number of hydrogen-bond acceptors (Lipinski definition) is 6. The molecule has 31 heavy (non-hydrogen) atoms. The molecular formula is C23H20FN3O4. The Balaban J connectivity index is 1.66. The number of pyridine rings is 1. The van der Waals surface area contributed by atoms with Crippen molar-refractivity contribution < 1.29 is 19.0 Å². The second kappa shape index (κ2) is 8.06. The van der Waals surface area contributed by atoms with E-state index in [4.69, 9.17) is 9.47 Å². The SMILES string of the molecule is COc1cc2nc(Cc3ccc(-c4cc(F)cc(C)c4O)nc3)[nH]c(=O)c2cc1OC. The number of aromatic hydroxyl groups is 1. The van der Waals surface area contributed by atoms with Crippen LogP contribution in [0.25, 0.3) is 22.2 Å². The maximum absolute atomic E-state index is 13.7. The number of halogens is 1. The van der Waals surface area contributed by atoms with Crippen molar-refractivity contribution in [1.29, 1.82) is 0 Å². The van der Waals surface area contributed by atoms with Crippen LogP contribution < -0.4 is 15.0 Å². The van der Waals surface area contributed by atoms with Crippen molar-refractivity contribution in [3.05, 3.63) is 75.7 Å². The molecule has 2 heterocycles. The fourth-order valence-electron chi connectivity index (χ4n) is 3.41. The van der Waals surface area contributed by atoms with E-state index in [1.54, 1.807) is 37.4 Å². The maximum Gasteiger partial charge on any atom is 0.258 e. The number of aromatic nitrogens is 3. The molecule has 2 aromatic carbocycles. The van der Waals surface area contributed by atoms with Crippen LogP contribution in [0.15, 0.2) is 47.4 Å². The third kappa shape index (κ3) is 3.92. The van der Waals surface area contributed by atoms with Crippen LogP contribution in [-0.2, 0) is 6.42 Å². The minimum Gasteiger partial charge on any atom is -0.507 e. The molecule has 2 aromatic heterocycles. The summed E-state index contributed by atoms with van der Waals surface area (Å²) in [5.41, 5.74) is 2.19. The van der Waals surface area contributed by atoms with E-state index >= 15 is 0 Å². The largest absolute Gasteiger partial charge is 0.507 e. The molecule has 4 aromatic rings. The highest BCUT2D eigenvalue weighted by Gasteiger charge is 2.13. The van der Waals surface area contributed by atoms with Crippen LogP contribution in [0.2, 0.25) is 0 Å². The number of rotatable bonds is 5. The Morgan fingerprint density at radius 2 is 1.84 bits per heavy atom. The van der Waals surface area contributed by atoms with Crippen molar-refractivity contribution in [1.82, 2.24) is 15.0 Å². The Morgan fingerprint density at radius 1 is 1.10 bits per heavy atom. The highest BCUT2D eigenvalue weighted by molar-refractivity contribution is 5.81. The van der Waals surface area contributed by atoms with E-state index in [-0.39, 0.29) is 11.3 Å². The van der Waals surface area contributed by atoms with Gasteiger partial charge >= 0.3 is 0 Å². The van der Waals surface area contributed by atoms with Crippen LogP contribution in [0.5, 0.6) is 17.2 Å². The standard InChI is InChI=1S/C23H20FN3O4/c1-12-6-14(24)8-15(22(12)28)17-5-4-13(11-25-17)7-21-26-18-10-20(31-3)19(30-2)9-16(18)23(29)27-21/h4-6,8-11,28H,7H2,1-3H3,(H,26,27,29). The van der Waals surface area contributed by atoms with Gasteiger partial charge in [0.15, 0.2) is 11.5 Å². The number of phenolic OH excluding ortho intramolecular Hbond substituents is 1. The second-order valence-corrected chi connectivity index (χ2v) is 7.08. The quantitative estimate of drug-likeness (QED) is 0.509. The maximum atomic E-state index is 13.7. The minimum absolute atomic E-state index is 0.00782. The summed E-state index contributed by atoms with van der Waals surface area (Å²) < 4.78 is 24.3. The third-order valence-corrected chi connectivity index (χ3v) is 5.00. The highest BCUT2D eigenvalue weighted by Crippen LogP contribution is 2.32. The van der Waals surface area contributed by atoms with E-state index in [0.717, 1.165) is 5.56 Å². The fourth-order valence-corrected chi connectivity index (χ4v) is 3.41. The number of phenols is 1. The van der Waals surface area contributed by atoms with Gasteiger partial charge in [0.25, 0.3) is 5.56 Å². The number of H-pyrrole nitrogens is 1. The van der Waals surface area contributed by atoms with E-state index in [2.05, 4.69) is 15.0 Å². The number of aromatic amines is 1. The van der Waals surface area contributed by atoms with Gasteiger partial charge in [-0.2, -0.15) is 0 Å². The number of fused-ring (bicyclic) bond motifs is 1. The lowest BCUT2D eigenvalue weighted by molar-refractivity contribution is 0.355. The first kappa shape index (κ1) is 20.3. The van der Waals surface area contributed by atoms with Gasteiger partial charge in [0, 0.05) is 24.2 Å². The first-order valence-corrected chi connectivity index (χ1v) is 9.49. The molecule has 0 amide bonds. The summed E-state index contributed by atoms with van der Waals surface area (Å²) in [4.78, 5) is 24.2. The van der Waals surface area contributed by atoms with Crippen LogP contribution >= 0.6 is 0 Å². The lowest BCUT2D eigenvalue weighted by atomic mass is 10.0. The van der Waals surface area contributed by atoms with Gasteiger partial charge in [-0.15, -0.1) is 0 Å². The van der Waals surface area contributed by atoms with Crippen LogP contribution in [-0.4, -0.2) is 34.3 Å². The number of benzene rings is 2. The molecule has 7 nitrogen and oxygen atoms in total. The molecule has 0 unspecified atom stereocenters. The molecule has 2 N–H and O–H groups in total. The summed E-state index contributed by atoms with van der Waals surface area (Å²) in [7, 11) is 3.02. The van der Waals surface area contributed by atoms with Crippen LogP contribution in [0.3, 0.4) is 0 Å². The van der Waals surface area contributed by atoms with Gasteiger partial charge in [0.2, 0.25) is 0 Å². The van der Waals surface area contributed by atoms with Crippen molar-refractivity contribution in [2.45, 2.75) is 13.3 Å². The van der Waals surface area contributed by atoms with Crippen molar-refractivity contribution >= 4 is 10.9 Å². The first-order valence-electron chi connectivity index (χ1n) is 9.49. The Labute approximate surface area is 177 Å². The van der Waals surface area contributed by atoms with Gasteiger partial charge in [-0.25, -0.2) is 9.37 Å². The third-order valence-electron chi connectivity index (χ3n) is 5.00. The summed E-state index contributed by atoms with van der Waals surface area (Å²) >= 11 is 0. The summed E-state index contributed by atoms with van der Waals surface area (Å²) in [6.07, 6.45) is 1.94. The highest BCUT2D eigenvalue weighted by atomic mass is 19.1. The average Bonchev–Trinajstić information content (AvgIpc) is 2.76. The zero-order valence-corrected chi connectivity index (χ0v) is 17.2. The molecule has 0 atom stereocenters. The Hall–Kier alpha value is -3.94. The lowest BCUT2D eigenvalue weighted by Gasteiger charge is -2.10. The summed E-state index contributed by atoms with van der Waals surface area (Å²) in [6.45, 7) is 1.63. The number of hydrogen-bond donors (Lipinski definition) is 2. The molecule has 4 rings (SSSR count). The molecule has 0 bridgehead atoms. The Kier molecular flexibility index (Phi) is 5.29. The van der Waals surface area contributed by atoms with E-state index in [9.17, 15) is 14.3 Å². The molecular weight excluding hydrogens is 401 g/mol. The van der Waals surface area contributed by atoms with Gasteiger partial charge in [0.1, 0.15) is 17.4 Å². The normalized spacial score (nSPS) is 11.0. The van der Waals surface area contributed by atoms with E-state index in [1.807, 2.05) is 0 Å². The number of nitrogens with one attached hydrogen (secondary N) is 1. The number of ether oxygens (including phenoxy) is 2. The number of methoxy groups -OCH3 is 2. The molecule has 0 fully saturated rings. The van der Waals surface area contributed by atoms with Crippen molar-refractivity contribution in [3.8, 4) is 28.5 Å². The Morgan fingerprint density at radius 3 is 2.52 bits per heavy atom. The zero-order valence-electron chi connectivity index (χ0n) is 17.2. The van der Waals surface area contributed by atoms with Crippen molar-refractivity contribution in [2.75, 3.05) is 14.2 Å². The van der Waals surface area contributed by atoms with Gasteiger partial charge in [-0.05, 0) is 42.3 Å².